The molecular formula is C12H22N2OS. The first-order chi connectivity index (χ1) is 7.81. The van der Waals surface area contributed by atoms with Gasteiger partial charge in [-0.1, -0.05) is 19.8 Å². The van der Waals surface area contributed by atoms with Crippen LogP contribution in [0.5, 0.6) is 0 Å². The molecular weight excluding hydrogens is 220 g/mol. The molecule has 0 aromatic heterocycles. The monoisotopic (exact) mass is 242 g/mol. The number of nitrogens with zero attached hydrogens (tertiary/aromatic N) is 1. The van der Waals surface area contributed by atoms with Crippen LogP contribution < -0.4 is 5.32 Å². The topological polar surface area (TPSA) is 24.5 Å². The Morgan fingerprint density at radius 3 is 2.88 bits per heavy atom. The third kappa shape index (κ3) is 2.86. The molecule has 0 amide bonds. The Hall–Kier alpha value is -0.350. The van der Waals surface area contributed by atoms with Gasteiger partial charge in [0.1, 0.15) is 0 Å². The number of ether oxygens (including phenoxy) is 1. The SMILES string of the molecule is CCC1COCCN1C(=S)NC1CCCC1. The van der Waals surface area contributed by atoms with Gasteiger partial charge in [-0.25, -0.2) is 0 Å². The van der Waals surface area contributed by atoms with Crippen molar-refractivity contribution in [3.8, 4) is 0 Å². The molecule has 1 atom stereocenters. The van der Waals surface area contributed by atoms with Crippen molar-refractivity contribution in [1.29, 1.82) is 0 Å². The summed E-state index contributed by atoms with van der Waals surface area (Å²) in [6.07, 6.45) is 6.36. The lowest BCUT2D eigenvalue weighted by molar-refractivity contribution is 0.0246. The first-order valence-corrected chi connectivity index (χ1v) is 6.87. The van der Waals surface area contributed by atoms with Gasteiger partial charge in [-0.3, -0.25) is 0 Å². The average Bonchev–Trinajstić information content (AvgIpc) is 2.81. The van der Waals surface area contributed by atoms with E-state index in [1.807, 2.05) is 0 Å². The zero-order chi connectivity index (χ0) is 11.4. The molecule has 16 heavy (non-hydrogen) atoms. The lowest BCUT2D eigenvalue weighted by atomic mass is 10.2. The van der Waals surface area contributed by atoms with Gasteiger partial charge in [0.25, 0.3) is 0 Å². The second-order valence-electron chi connectivity index (χ2n) is 4.76. The summed E-state index contributed by atoms with van der Waals surface area (Å²) in [6.45, 7) is 4.77. The average molecular weight is 242 g/mol. The van der Waals surface area contributed by atoms with Gasteiger partial charge in [-0.15, -0.1) is 0 Å². The third-order valence-corrected chi connectivity index (χ3v) is 3.99. The summed E-state index contributed by atoms with van der Waals surface area (Å²) in [4.78, 5) is 2.32. The van der Waals surface area contributed by atoms with Gasteiger partial charge in [-0.05, 0) is 31.5 Å². The maximum absolute atomic E-state index is 5.51. The Morgan fingerprint density at radius 1 is 1.44 bits per heavy atom. The fourth-order valence-corrected chi connectivity index (χ4v) is 3.00. The number of hydrogen-bond donors (Lipinski definition) is 1. The quantitative estimate of drug-likeness (QED) is 0.748. The predicted molar refractivity (Wildman–Crippen MR) is 69.6 cm³/mol. The lowest BCUT2D eigenvalue weighted by Gasteiger charge is -2.37. The van der Waals surface area contributed by atoms with Crippen molar-refractivity contribution < 1.29 is 4.74 Å². The van der Waals surface area contributed by atoms with Crippen LogP contribution in [0, 0.1) is 0 Å². The Labute approximate surface area is 104 Å². The van der Waals surface area contributed by atoms with E-state index >= 15 is 0 Å². The van der Waals surface area contributed by atoms with Crippen molar-refractivity contribution in [3.05, 3.63) is 0 Å². The summed E-state index contributed by atoms with van der Waals surface area (Å²) in [7, 11) is 0. The van der Waals surface area contributed by atoms with Gasteiger partial charge in [0.2, 0.25) is 0 Å². The minimum atomic E-state index is 0.468. The van der Waals surface area contributed by atoms with E-state index in [0.717, 1.165) is 31.3 Å². The van der Waals surface area contributed by atoms with Crippen LogP contribution in [-0.4, -0.2) is 41.9 Å². The van der Waals surface area contributed by atoms with E-state index < -0.39 is 0 Å². The molecule has 1 aliphatic heterocycles. The molecule has 0 spiro atoms. The zero-order valence-corrected chi connectivity index (χ0v) is 10.9. The Morgan fingerprint density at radius 2 is 2.19 bits per heavy atom. The normalized spacial score (nSPS) is 27.1. The van der Waals surface area contributed by atoms with Crippen LogP contribution in [0.25, 0.3) is 0 Å². The van der Waals surface area contributed by atoms with E-state index in [4.69, 9.17) is 17.0 Å². The number of morpholine rings is 1. The summed E-state index contributed by atoms with van der Waals surface area (Å²) < 4.78 is 5.49. The van der Waals surface area contributed by atoms with Gasteiger partial charge in [0.15, 0.2) is 5.11 Å². The molecule has 1 saturated heterocycles. The van der Waals surface area contributed by atoms with Crippen molar-refractivity contribution in [1.82, 2.24) is 10.2 Å². The minimum Gasteiger partial charge on any atom is -0.377 e. The number of hydrogen-bond acceptors (Lipinski definition) is 2. The van der Waals surface area contributed by atoms with E-state index in [9.17, 15) is 0 Å². The molecule has 1 N–H and O–H groups in total. The highest BCUT2D eigenvalue weighted by Gasteiger charge is 2.25. The molecule has 1 saturated carbocycles. The molecule has 1 unspecified atom stereocenters. The Balaban J connectivity index is 1.86. The lowest BCUT2D eigenvalue weighted by Crippen LogP contribution is -2.53. The van der Waals surface area contributed by atoms with Gasteiger partial charge in [-0.2, -0.15) is 0 Å². The highest BCUT2D eigenvalue weighted by molar-refractivity contribution is 7.80. The van der Waals surface area contributed by atoms with E-state index in [0.29, 0.717) is 12.1 Å². The van der Waals surface area contributed by atoms with Crippen molar-refractivity contribution in [2.24, 2.45) is 0 Å². The molecule has 0 aromatic carbocycles. The second-order valence-corrected chi connectivity index (χ2v) is 5.15. The molecule has 3 nitrogen and oxygen atoms in total. The van der Waals surface area contributed by atoms with Crippen LogP contribution in [-0.2, 0) is 4.74 Å². The van der Waals surface area contributed by atoms with Gasteiger partial charge in [0, 0.05) is 12.6 Å². The van der Waals surface area contributed by atoms with Crippen LogP contribution in [0.2, 0.25) is 0 Å². The smallest absolute Gasteiger partial charge is 0.169 e. The van der Waals surface area contributed by atoms with Gasteiger partial charge in [0.05, 0.1) is 19.3 Å². The maximum atomic E-state index is 5.51. The third-order valence-electron chi connectivity index (χ3n) is 3.64. The minimum absolute atomic E-state index is 0.468. The first kappa shape index (κ1) is 12.1. The summed E-state index contributed by atoms with van der Waals surface area (Å²) in [6, 6.07) is 1.09. The van der Waals surface area contributed by atoms with E-state index in [1.165, 1.54) is 25.7 Å². The molecule has 1 aliphatic carbocycles. The van der Waals surface area contributed by atoms with Crippen molar-refractivity contribution in [2.75, 3.05) is 19.8 Å². The van der Waals surface area contributed by atoms with E-state index in [1.54, 1.807) is 0 Å². The molecule has 0 bridgehead atoms. The fourth-order valence-electron chi connectivity index (χ4n) is 2.59. The number of nitrogens with one attached hydrogen (secondary N) is 1. The second kappa shape index (κ2) is 5.82. The van der Waals surface area contributed by atoms with Crippen LogP contribution in [0.4, 0.5) is 0 Å². The predicted octanol–water partition coefficient (Wildman–Crippen LogP) is 1.91. The van der Waals surface area contributed by atoms with Crippen LogP contribution in [0.1, 0.15) is 39.0 Å². The molecule has 2 rings (SSSR count). The largest absolute Gasteiger partial charge is 0.377 e. The van der Waals surface area contributed by atoms with E-state index in [2.05, 4.69) is 17.1 Å². The molecule has 2 aliphatic rings. The van der Waals surface area contributed by atoms with Crippen molar-refractivity contribution >= 4 is 17.3 Å². The summed E-state index contributed by atoms with van der Waals surface area (Å²) in [5.41, 5.74) is 0. The molecule has 1 heterocycles. The molecule has 92 valence electrons. The number of rotatable bonds is 2. The Kier molecular flexibility index (Phi) is 4.41. The standard InChI is InChI=1S/C12H22N2OS/c1-2-11-9-15-8-7-14(11)12(16)13-10-5-3-4-6-10/h10-11H,2-9H2,1H3,(H,13,16). The molecule has 0 radical (unpaired) electrons. The van der Waals surface area contributed by atoms with Gasteiger partial charge < -0.3 is 15.0 Å². The first-order valence-electron chi connectivity index (χ1n) is 6.46. The van der Waals surface area contributed by atoms with E-state index in [-0.39, 0.29) is 0 Å². The fraction of sp³-hybridized carbons (Fsp3) is 0.917. The Bertz CT molecular complexity index is 241. The summed E-state index contributed by atoms with van der Waals surface area (Å²) in [5.74, 6) is 0. The summed E-state index contributed by atoms with van der Waals surface area (Å²) in [5, 5.41) is 4.46. The van der Waals surface area contributed by atoms with Crippen LogP contribution in [0.3, 0.4) is 0 Å². The highest BCUT2D eigenvalue weighted by Crippen LogP contribution is 2.19. The van der Waals surface area contributed by atoms with Crippen molar-refractivity contribution in [3.63, 3.8) is 0 Å². The molecule has 0 aromatic rings. The molecule has 4 heteroatoms. The van der Waals surface area contributed by atoms with Crippen molar-refractivity contribution in [2.45, 2.75) is 51.1 Å². The molecule has 2 fully saturated rings. The van der Waals surface area contributed by atoms with Crippen LogP contribution in [0.15, 0.2) is 0 Å². The number of thiocarbonyl (C=S) groups is 1. The van der Waals surface area contributed by atoms with Gasteiger partial charge >= 0.3 is 0 Å². The highest BCUT2D eigenvalue weighted by atomic mass is 32.1. The zero-order valence-electron chi connectivity index (χ0n) is 10.1. The van der Waals surface area contributed by atoms with Crippen LogP contribution >= 0.6 is 12.2 Å². The summed E-state index contributed by atoms with van der Waals surface area (Å²) >= 11 is 5.51. The maximum Gasteiger partial charge on any atom is 0.169 e.